The Morgan fingerprint density at radius 3 is 2.89 bits per heavy atom. The molecule has 1 aliphatic rings. The summed E-state index contributed by atoms with van der Waals surface area (Å²) in [5.74, 6) is -0.0480. The van der Waals surface area contributed by atoms with Crippen LogP contribution < -0.4 is 4.74 Å². The minimum absolute atomic E-state index is 0.195. The van der Waals surface area contributed by atoms with E-state index in [1.54, 1.807) is 25.1 Å². The van der Waals surface area contributed by atoms with Crippen molar-refractivity contribution < 1.29 is 23.4 Å². The van der Waals surface area contributed by atoms with Gasteiger partial charge < -0.3 is 9.47 Å². The lowest BCUT2D eigenvalue weighted by Gasteiger charge is -2.25. The molecular formula is C12H14O5S. The Morgan fingerprint density at radius 1 is 1.39 bits per heavy atom. The third-order valence-electron chi connectivity index (χ3n) is 2.41. The van der Waals surface area contributed by atoms with Crippen molar-refractivity contribution in [2.75, 3.05) is 13.2 Å². The van der Waals surface area contributed by atoms with E-state index in [9.17, 15) is 13.9 Å². The average Bonchev–Trinajstić information content (AvgIpc) is 2.63. The molecule has 5 nitrogen and oxygen atoms in total. The molecule has 18 heavy (non-hydrogen) atoms. The first-order valence-electron chi connectivity index (χ1n) is 5.42. The van der Waals surface area contributed by atoms with Crippen LogP contribution in [0.3, 0.4) is 0 Å². The van der Waals surface area contributed by atoms with E-state index in [0.29, 0.717) is 17.3 Å². The van der Waals surface area contributed by atoms with Crippen LogP contribution in [0.2, 0.25) is 0 Å². The Morgan fingerprint density at radius 2 is 2.17 bits per heavy atom. The van der Waals surface area contributed by atoms with E-state index in [-0.39, 0.29) is 6.61 Å². The van der Waals surface area contributed by atoms with Gasteiger partial charge in [0, 0.05) is 11.5 Å². The van der Waals surface area contributed by atoms with Gasteiger partial charge in [-0.2, -0.15) is 0 Å². The lowest BCUT2D eigenvalue weighted by Crippen LogP contribution is -2.14. The quantitative estimate of drug-likeness (QED) is 0.823. The van der Waals surface area contributed by atoms with Crippen molar-refractivity contribution in [1.29, 1.82) is 0 Å². The normalized spacial score (nSPS) is 17.1. The van der Waals surface area contributed by atoms with E-state index in [4.69, 9.17) is 9.47 Å². The third-order valence-corrected chi connectivity index (χ3v) is 3.92. The van der Waals surface area contributed by atoms with Crippen LogP contribution in [0.5, 0.6) is 5.75 Å². The van der Waals surface area contributed by atoms with Crippen LogP contribution in [0.25, 0.3) is 6.08 Å². The number of esters is 1. The molecule has 2 N–H and O–H groups in total. The summed E-state index contributed by atoms with van der Waals surface area (Å²) in [4.78, 5) is 11.5. The van der Waals surface area contributed by atoms with Crippen molar-refractivity contribution in [2.24, 2.45) is 0 Å². The number of rotatable bonds is 4. The highest BCUT2D eigenvalue weighted by Gasteiger charge is 2.22. The Balaban J connectivity index is 2.07. The molecule has 2 rings (SSSR count). The molecule has 6 heteroatoms. The Kier molecular flexibility index (Phi) is 3.60. The Hall–Kier alpha value is -1.50. The standard InChI is InChI=1S/C12H14O5S/c1-2-16-12(13)8-17-10-4-3-9-5-6-18(14,15)11(9)7-10/h3-7,14-15H,2,8H2,1H3. The lowest BCUT2D eigenvalue weighted by atomic mass is 10.2. The Bertz CT molecular complexity index is 495. The molecule has 0 saturated heterocycles. The molecule has 1 aliphatic heterocycles. The minimum Gasteiger partial charge on any atom is -0.482 e. The van der Waals surface area contributed by atoms with Gasteiger partial charge in [0.15, 0.2) is 6.61 Å². The minimum atomic E-state index is -2.85. The van der Waals surface area contributed by atoms with Gasteiger partial charge in [0.2, 0.25) is 0 Å². The first-order valence-corrected chi connectivity index (χ1v) is 7.03. The fourth-order valence-corrected chi connectivity index (χ4v) is 2.84. The highest BCUT2D eigenvalue weighted by Crippen LogP contribution is 2.56. The fourth-order valence-electron chi connectivity index (χ4n) is 1.59. The van der Waals surface area contributed by atoms with Crippen LogP contribution in [-0.4, -0.2) is 28.3 Å². The van der Waals surface area contributed by atoms with Gasteiger partial charge in [0.25, 0.3) is 0 Å². The molecule has 0 aromatic heterocycles. The SMILES string of the molecule is CCOC(=O)COc1ccc2c(c1)S(O)(O)C=C2. The third kappa shape index (κ3) is 2.66. The molecule has 0 saturated carbocycles. The maximum atomic E-state index is 11.1. The maximum absolute atomic E-state index is 11.1. The van der Waals surface area contributed by atoms with Gasteiger partial charge in [-0.25, -0.2) is 4.79 Å². The van der Waals surface area contributed by atoms with E-state index >= 15 is 0 Å². The molecule has 0 amide bonds. The van der Waals surface area contributed by atoms with Crippen LogP contribution in [0.15, 0.2) is 28.5 Å². The van der Waals surface area contributed by atoms with Gasteiger partial charge in [-0.05, 0) is 30.7 Å². The van der Waals surface area contributed by atoms with E-state index in [1.807, 2.05) is 0 Å². The monoisotopic (exact) mass is 270 g/mol. The van der Waals surface area contributed by atoms with E-state index in [2.05, 4.69) is 0 Å². The zero-order valence-electron chi connectivity index (χ0n) is 9.83. The van der Waals surface area contributed by atoms with Crippen molar-refractivity contribution >= 4 is 22.6 Å². The predicted molar refractivity (Wildman–Crippen MR) is 68.7 cm³/mol. The number of benzene rings is 1. The fraction of sp³-hybridized carbons (Fsp3) is 0.250. The van der Waals surface area contributed by atoms with Crippen LogP contribution in [-0.2, 0) is 9.53 Å². The number of fused-ring (bicyclic) bond motifs is 1. The topological polar surface area (TPSA) is 76.0 Å². The van der Waals surface area contributed by atoms with Gasteiger partial charge in [0.05, 0.1) is 11.5 Å². The summed E-state index contributed by atoms with van der Waals surface area (Å²) in [6.07, 6.45) is 1.65. The predicted octanol–water partition coefficient (Wildman–Crippen LogP) is 2.72. The number of hydrogen-bond donors (Lipinski definition) is 2. The first-order chi connectivity index (χ1) is 8.53. The second-order valence-electron chi connectivity index (χ2n) is 3.69. The number of hydrogen-bond acceptors (Lipinski definition) is 5. The highest BCUT2D eigenvalue weighted by atomic mass is 32.3. The summed E-state index contributed by atoms with van der Waals surface area (Å²) >= 11 is 0. The molecule has 1 heterocycles. The van der Waals surface area contributed by atoms with Crippen LogP contribution in [0.1, 0.15) is 12.5 Å². The van der Waals surface area contributed by atoms with Gasteiger partial charge in [-0.15, -0.1) is 10.6 Å². The molecule has 98 valence electrons. The van der Waals surface area contributed by atoms with Crippen LogP contribution >= 0.6 is 10.6 Å². The summed E-state index contributed by atoms with van der Waals surface area (Å²) < 4.78 is 29.4. The second kappa shape index (κ2) is 5.01. The highest BCUT2D eigenvalue weighted by molar-refractivity contribution is 8.27. The van der Waals surface area contributed by atoms with E-state index in [0.717, 1.165) is 5.56 Å². The molecular weight excluding hydrogens is 256 g/mol. The van der Waals surface area contributed by atoms with Crippen LogP contribution in [0.4, 0.5) is 0 Å². The summed E-state index contributed by atoms with van der Waals surface area (Å²) in [5, 5.41) is 1.37. The zero-order chi connectivity index (χ0) is 13.2. The molecule has 0 aliphatic carbocycles. The summed E-state index contributed by atoms with van der Waals surface area (Å²) in [7, 11) is -2.85. The van der Waals surface area contributed by atoms with Crippen molar-refractivity contribution in [3.8, 4) is 5.75 Å². The zero-order valence-corrected chi connectivity index (χ0v) is 10.6. The van der Waals surface area contributed by atoms with Crippen molar-refractivity contribution in [1.82, 2.24) is 0 Å². The largest absolute Gasteiger partial charge is 0.482 e. The van der Waals surface area contributed by atoms with E-state index in [1.165, 1.54) is 11.5 Å². The Labute approximate surface area is 106 Å². The molecule has 1 aromatic rings. The van der Waals surface area contributed by atoms with Gasteiger partial charge in [-0.1, -0.05) is 0 Å². The van der Waals surface area contributed by atoms with E-state index < -0.39 is 16.6 Å². The maximum Gasteiger partial charge on any atom is 0.344 e. The van der Waals surface area contributed by atoms with Crippen molar-refractivity contribution in [3.05, 3.63) is 29.2 Å². The molecule has 0 unspecified atom stereocenters. The van der Waals surface area contributed by atoms with Crippen molar-refractivity contribution in [3.63, 3.8) is 0 Å². The molecule has 1 aromatic carbocycles. The smallest absolute Gasteiger partial charge is 0.344 e. The van der Waals surface area contributed by atoms with Gasteiger partial charge in [0.1, 0.15) is 5.75 Å². The molecule has 0 atom stereocenters. The summed E-state index contributed by atoms with van der Waals surface area (Å²) in [5.41, 5.74) is 0.749. The summed E-state index contributed by atoms with van der Waals surface area (Å²) in [6, 6.07) is 4.92. The first kappa shape index (κ1) is 12.9. The average molecular weight is 270 g/mol. The number of carbonyl (C=O) groups excluding carboxylic acids is 1. The lowest BCUT2D eigenvalue weighted by molar-refractivity contribution is -0.145. The summed E-state index contributed by atoms with van der Waals surface area (Å²) in [6.45, 7) is 1.82. The van der Waals surface area contributed by atoms with Crippen LogP contribution in [0, 0.1) is 0 Å². The van der Waals surface area contributed by atoms with Gasteiger partial charge in [-0.3, -0.25) is 9.11 Å². The molecule has 0 fully saturated rings. The molecule has 0 spiro atoms. The molecule has 0 radical (unpaired) electrons. The van der Waals surface area contributed by atoms with Gasteiger partial charge >= 0.3 is 5.97 Å². The number of carbonyl (C=O) groups is 1. The second-order valence-corrected chi connectivity index (χ2v) is 5.59. The number of ether oxygens (including phenoxy) is 2. The molecule has 0 bridgehead atoms. The van der Waals surface area contributed by atoms with Crippen molar-refractivity contribution in [2.45, 2.75) is 11.8 Å².